The maximum absolute atomic E-state index is 5.76. The van der Waals surface area contributed by atoms with Crippen molar-refractivity contribution in [3.63, 3.8) is 0 Å². The van der Waals surface area contributed by atoms with Crippen LogP contribution in [0.15, 0.2) is 54.6 Å². The summed E-state index contributed by atoms with van der Waals surface area (Å²) in [7, 11) is 0. The number of ether oxygens (including phenoxy) is 1. The minimum Gasteiger partial charge on any atom is -0.489 e. The molecule has 2 heteroatoms. The zero-order valence-electron chi connectivity index (χ0n) is 10.3. The summed E-state index contributed by atoms with van der Waals surface area (Å²) in [6.07, 6.45) is 1.24. The summed E-state index contributed by atoms with van der Waals surface area (Å²) < 4.78 is 5.76. The van der Waals surface area contributed by atoms with Gasteiger partial charge in [-0.15, -0.1) is 0 Å². The molecule has 3 rings (SSSR count). The van der Waals surface area contributed by atoms with Crippen molar-refractivity contribution in [1.82, 2.24) is 5.32 Å². The molecule has 0 radical (unpaired) electrons. The van der Waals surface area contributed by atoms with Crippen LogP contribution in [0.2, 0.25) is 0 Å². The Morgan fingerprint density at radius 2 is 1.72 bits per heavy atom. The highest BCUT2D eigenvalue weighted by atomic mass is 16.5. The molecule has 1 saturated heterocycles. The quantitative estimate of drug-likeness (QED) is 0.884. The lowest BCUT2D eigenvalue weighted by Gasteiger charge is -2.28. The highest BCUT2D eigenvalue weighted by molar-refractivity contribution is 5.30. The van der Waals surface area contributed by atoms with Gasteiger partial charge in [-0.1, -0.05) is 42.5 Å². The van der Waals surface area contributed by atoms with E-state index in [4.69, 9.17) is 4.74 Å². The van der Waals surface area contributed by atoms with E-state index in [1.807, 2.05) is 18.2 Å². The van der Waals surface area contributed by atoms with Gasteiger partial charge in [0, 0.05) is 6.04 Å². The monoisotopic (exact) mass is 239 g/mol. The molecule has 2 aromatic rings. The Labute approximate surface area is 108 Å². The van der Waals surface area contributed by atoms with Gasteiger partial charge >= 0.3 is 0 Å². The van der Waals surface area contributed by atoms with Crippen LogP contribution in [-0.2, 0) is 6.61 Å². The molecule has 0 spiro atoms. The van der Waals surface area contributed by atoms with Gasteiger partial charge in [0.15, 0.2) is 0 Å². The molecule has 0 aliphatic carbocycles. The van der Waals surface area contributed by atoms with Gasteiger partial charge in [0.1, 0.15) is 12.4 Å². The van der Waals surface area contributed by atoms with E-state index in [1.165, 1.54) is 17.5 Å². The first kappa shape index (κ1) is 11.3. The molecule has 1 N–H and O–H groups in total. The van der Waals surface area contributed by atoms with Gasteiger partial charge in [-0.05, 0) is 36.2 Å². The van der Waals surface area contributed by atoms with Crippen LogP contribution in [0.1, 0.15) is 23.6 Å². The maximum atomic E-state index is 5.76. The lowest BCUT2D eigenvalue weighted by Crippen LogP contribution is -2.34. The molecule has 92 valence electrons. The fraction of sp³-hybridized carbons (Fsp3) is 0.250. The fourth-order valence-electron chi connectivity index (χ4n) is 2.11. The van der Waals surface area contributed by atoms with Gasteiger partial charge in [0.25, 0.3) is 0 Å². The number of hydrogen-bond acceptors (Lipinski definition) is 2. The first-order valence-corrected chi connectivity index (χ1v) is 6.42. The Hall–Kier alpha value is -1.80. The smallest absolute Gasteiger partial charge is 0.119 e. The van der Waals surface area contributed by atoms with E-state index in [-0.39, 0.29) is 0 Å². The van der Waals surface area contributed by atoms with Crippen molar-refractivity contribution >= 4 is 0 Å². The zero-order chi connectivity index (χ0) is 12.2. The molecular weight excluding hydrogens is 222 g/mol. The van der Waals surface area contributed by atoms with Gasteiger partial charge in [-0.2, -0.15) is 0 Å². The normalized spacial score (nSPS) is 18.1. The fourth-order valence-corrected chi connectivity index (χ4v) is 2.11. The van der Waals surface area contributed by atoms with E-state index < -0.39 is 0 Å². The van der Waals surface area contributed by atoms with Crippen LogP contribution in [0.5, 0.6) is 5.75 Å². The lowest BCUT2D eigenvalue weighted by atomic mass is 9.98. The van der Waals surface area contributed by atoms with E-state index >= 15 is 0 Å². The van der Waals surface area contributed by atoms with Crippen LogP contribution < -0.4 is 10.1 Å². The van der Waals surface area contributed by atoms with Crippen LogP contribution in [0.4, 0.5) is 0 Å². The average molecular weight is 239 g/mol. The highest BCUT2D eigenvalue weighted by Gasteiger charge is 2.17. The molecule has 0 saturated carbocycles. The summed E-state index contributed by atoms with van der Waals surface area (Å²) in [5.41, 5.74) is 2.55. The van der Waals surface area contributed by atoms with Crippen LogP contribution in [0, 0.1) is 0 Å². The SMILES string of the molecule is c1ccc(COc2ccc([C@H]3CCN3)cc2)cc1. The third-order valence-corrected chi connectivity index (χ3v) is 3.35. The van der Waals surface area contributed by atoms with Crippen molar-refractivity contribution in [1.29, 1.82) is 0 Å². The van der Waals surface area contributed by atoms with Crippen LogP contribution in [-0.4, -0.2) is 6.54 Å². The van der Waals surface area contributed by atoms with Gasteiger partial charge < -0.3 is 10.1 Å². The molecule has 18 heavy (non-hydrogen) atoms. The predicted octanol–water partition coefficient (Wildman–Crippen LogP) is 3.30. The van der Waals surface area contributed by atoms with Crippen molar-refractivity contribution in [3.8, 4) is 5.75 Å². The predicted molar refractivity (Wildman–Crippen MR) is 72.6 cm³/mol. The van der Waals surface area contributed by atoms with Gasteiger partial charge in [0.2, 0.25) is 0 Å². The van der Waals surface area contributed by atoms with Gasteiger partial charge in [0.05, 0.1) is 0 Å². The molecular formula is C16H17NO. The van der Waals surface area contributed by atoms with Crippen LogP contribution in [0.3, 0.4) is 0 Å². The standard InChI is InChI=1S/C16H17NO/c1-2-4-13(5-3-1)12-18-15-8-6-14(7-9-15)16-10-11-17-16/h1-9,16-17H,10-12H2/t16-/m1/s1. The van der Waals surface area contributed by atoms with E-state index in [0.717, 1.165) is 12.3 Å². The molecule has 1 atom stereocenters. The summed E-state index contributed by atoms with van der Waals surface area (Å²) in [4.78, 5) is 0. The molecule has 1 fully saturated rings. The third-order valence-electron chi connectivity index (χ3n) is 3.35. The second kappa shape index (κ2) is 5.23. The minimum absolute atomic E-state index is 0.549. The molecule has 1 aliphatic rings. The van der Waals surface area contributed by atoms with Crippen molar-refractivity contribution in [2.75, 3.05) is 6.54 Å². The number of nitrogens with one attached hydrogen (secondary N) is 1. The summed E-state index contributed by atoms with van der Waals surface area (Å²) in [6.45, 7) is 1.76. The summed E-state index contributed by atoms with van der Waals surface area (Å²) in [5.74, 6) is 0.932. The molecule has 2 aromatic carbocycles. The zero-order valence-corrected chi connectivity index (χ0v) is 10.3. The summed E-state index contributed by atoms with van der Waals surface area (Å²) >= 11 is 0. The molecule has 1 aliphatic heterocycles. The Balaban J connectivity index is 1.59. The van der Waals surface area contributed by atoms with Crippen molar-refractivity contribution < 1.29 is 4.74 Å². The number of hydrogen-bond donors (Lipinski definition) is 1. The Bertz CT molecular complexity index is 488. The third kappa shape index (κ3) is 2.54. The number of rotatable bonds is 4. The van der Waals surface area contributed by atoms with E-state index in [2.05, 4.69) is 41.7 Å². The first-order chi connectivity index (χ1) is 8.92. The van der Waals surface area contributed by atoms with Gasteiger partial charge in [-0.25, -0.2) is 0 Å². The largest absolute Gasteiger partial charge is 0.489 e. The highest BCUT2D eigenvalue weighted by Crippen LogP contribution is 2.24. The summed E-state index contributed by atoms with van der Waals surface area (Å²) in [5, 5.41) is 3.40. The van der Waals surface area contributed by atoms with Gasteiger partial charge in [-0.3, -0.25) is 0 Å². The van der Waals surface area contributed by atoms with E-state index in [9.17, 15) is 0 Å². The maximum Gasteiger partial charge on any atom is 0.119 e. The Morgan fingerprint density at radius 1 is 1.00 bits per heavy atom. The van der Waals surface area contributed by atoms with E-state index in [1.54, 1.807) is 0 Å². The van der Waals surface area contributed by atoms with Crippen molar-refractivity contribution in [2.24, 2.45) is 0 Å². The molecule has 0 bridgehead atoms. The van der Waals surface area contributed by atoms with E-state index in [0.29, 0.717) is 12.6 Å². The van der Waals surface area contributed by atoms with Crippen LogP contribution in [0.25, 0.3) is 0 Å². The molecule has 1 heterocycles. The summed E-state index contributed by atoms with van der Waals surface area (Å²) in [6, 6.07) is 19.2. The Kier molecular flexibility index (Phi) is 3.29. The Morgan fingerprint density at radius 3 is 2.33 bits per heavy atom. The van der Waals surface area contributed by atoms with Crippen LogP contribution >= 0.6 is 0 Å². The topological polar surface area (TPSA) is 21.3 Å². The average Bonchev–Trinajstić information content (AvgIpc) is 2.37. The molecule has 0 unspecified atom stereocenters. The first-order valence-electron chi connectivity index (χ1n) is 6.42. The molecule has 2 nitrogen and oxygen atoms in total. The number of benzene rings is 2. The molecule has 0 aromatic heterocycles. The van der Waals surface area contributed by atoms with Crippen molar-refractivity contribution in [2.45, 2.75) is 19.1 Å². The second-order valence-corrected chi connectivity index (χ2v) is 4.64. The van der Waals surface area contributed by atoms with Crippen molar-refractivity contribution in [3.05, 3.63) is 65.7 Å². The molecule has 0 amide bonds. The second-order valence-electron chi connectivity index (χ2n) is 4.64. The minimum atomic E-state index is 0.549. The lowest BCUT2D eigenvalue weighted by molar-refractivity contribution is 0.305.